The molecule has 3 aromatic rings. The number of pyridine rings is 1. The Hall–Kier alpha value is -3.17. The molecule has 1 fully saturated rings. The van der Waals surface area contributed by atoms with E-state index in [0.29, 0.717) is 35.7 Å². The van der Waals surface area contributed by atoms with Crippen LogP contribution in [-0.4, -0.2) is 43.1 Å². The molecule has 2 aromatic heterocycles. The summed E-state index contributed by atoms with van der Waals surface area (Å²) in [5, 5.41) is 5.67. The molecule has 160 valence electrons. The van der Waals surface area contributed by atoms with Crippen LogP contribution in [0.4, 0.5) is 11.5 Å². The van der Waals surface area contributed by atoms with Gasteiger partial charge in [-0.3, -0.25) is 9.59 Å². The Morgan fingerprint density at radius 2 is 1.90 bits per heavy atom. The highest BCUT2D eigenvalue weighted by molar-refractivity contribution is 9.10. The quantitative estimate of drug-likeness (QED) is 0.556. The molecule has 0 radical (unpaired) electrons. The molecule has 1 saturated heterocycles. The lowest BCUT2D eigenvalue weighted by Crippen LogP contribution is -2.37. The van der Waals surface area contributed by atoms with Gasteiger partial charge in [0, 0.05) is 42.6 Å². The Morgan fingerprint density at radius 1 is 1.06 bits per heavy atom. The van der Waals surface area contributed by atoms with Crippen molar-refractivity contribution in [2.45, 2.75) is 6.54 Å². The summed E-state index contributed by atoms with van der Waals surface area (Å²) in [4.78, 5) is 31.6. The molecule has 9 heteroatoms. The molecule has 2 amide bonds. The molecule has 0 saturated carbocycles. The summed E-state index contributed by atoms with van der Waals surface area (Å²) < 4.78 is 11.1. The lowest BCUT2D eigenvalue weighted by Gasteiger charge is -2.29. The maximum atomic E-state index is 12.7. The minimum atomic E-state index is -0.395. The average Bonchev–Trinajstić information content (AvgIpc) is 3.25. The van der Waals surface area contributed by atoms with E-state index in [2.05, 4.69) is 36.4 Å². The Balaban J connectivity index is 1.40. The first kappa shape index (κ1) is 21.1. The second-order valence-corrected chi connectivity index (χ2v) is 7.69. The largest absolute Gasteiger partial charge is 0.444 e. The number of aromatic nitrogens is 1. The van der Waals surface area contributed by atoms with Crippen molar-refractivity contribution in [3.05, 3.63) is 76.3 Å². The van der Waals surface area contributed by atoms with E-state index in [1.807, 2.05) is 12.1 Å². The van der Waals surface area contributed by atoms with Crippen LogP contribution >= 0.6 is 15.9 Å². The first-order valence-electron chi connectivity index (χ1n) is 9.82. The predicted octanol–water partition coefficient (Wildman–Crippen LogP) is 3.46. The van der Waals surface area contributed by atoms with Crippen LogP contribution < -0.4 is 15.5 Å². The van der Waals surface area contributed by atoms with Gasteiger partial charge in [0.05, 0.1) is 13.2 Å². The Bertz CT molecular complexity index is 1080. The molecule has 2 N–H and O–H groups in total. The first-order valence-corrected chi connectivity index (χ1v) is 10.6. The molecule has 1 aliphatic heterocycles. The zero-order valence-electron chi connectivity index (χ0n) is 16.6. The van der Waals surface area contributed by atoms with Gasteiger partial charge in [-0.1, -0.05) is 12.1 Å². The molecule has 31 heavy (non-hydrogen) atoms. The summed E-state index contributed by atoms with van der Waals surface area (Å²) in [6.45, 7) is 3.21. The number of benzene rings is 1. The molecule has 3 heterocycles. The Morgan fingerprint density at radius 3 is 2.68 bits per heavy atom. The summed E-state index contributed by atoms with van der Waals surface area (Å²) in [7, 11) is 0. The van der Waals surface area contributed by atoms with E-state index in [9.17, 15) is 9.59 Å². The zero-order chi connectivity index (χ0) is 21.6. The van der Waals surface area contributed by atoms with E-state index in [1.165, 1.54) is 0 Å². The summed E-state index contributed by atoms with van der Waals surface area (Å²) in [6.07, 6.45) is 1.75. The standard InChI is InChI=1S/C22H21BrN4O4/c23-19-7-6-18(31-19)22(29)26-17-5-1-3-15(13-17)21(28)25-14-16-4-2-8-24-20(16)27-9-11-30-12-10-27/h1-8,13H,9-12,14H2,(H,25,28)(H,26,29). The minimum Gasteiger partial charge on any atom is -0.444 e. The molecular weight excluding hydrogens is 464 g/mol. The number of hydrogen-bond acceptors (Lipinski definition) is 6. The van der Waals surface area contributed by atoms with Crippen molar-refractivity contribution in [2.75, 3.05) is 36.5 Å². The maximum absolute atomic E-state index is 12.7. The number of furan rings is 1. The molecule has 0 unspecified atom stereocenters. The third kappa shape index (κ3) is 5.31. The second-order valence-electron chi connectivity index (χ2n) is 6.91. The fourth-order valence-corrected chi connectivity index (χ4v) is 3.58. The molecule has 0 spiro atoms. The van der Waals surface area contributed by atoms with Gasteiger partial charge in [-0.2, -0.15) is 0 Å². The van der Waals surface area contributed by atoms with Crippen molar-refractivity contribution >= 4 is 39.2 Å². The molecule has 8 nitrogen and oxygen atoms in total. The van der Waals surface area contributed by atoms with Crippen LogP contribution in [0.3, 0.4) is 0 Å². The number of morpholine rings is 1. The van der Waals surface area contributed by atoms with Gasteiger partial charge in [0.15, 0.2) is 10.4 Å². The van der Waals surface area contributed by atoms with Gasteiger partial charge in [-0.15, -0.1) is 0 Å². The monoisotopic (exact) mass is 484 g/mol. The van der Waals surface area contributed by atoms with Crippen LogP contribution in [0.2, 0.25) is 0 Å². The van der Waals surface area contributed by atoms with Crippen LogP contribution in [0.5, 0.6) is 0 Å². The summed E-state index contributed by atoms with van der Waals surface area (Å²) in [5.41, 5.74) is 1.88. The normalized spacial score (nSPS) is 13.6. The van der Waals surface area contributed by atoms with Crippen LogP contribution in [0.1, 0.15) is 26.5 Å². The van der Waals surface area contributed by atoms with Gasteiger partial charge in [0.1, 0.15) is 5.82 Å². The SMILES string of the molecule is O=C(NCc1cccnc1N1CCOCC1)c1cccc(NC(=O)c2ccc(Br)o2)c1. The van der Waals surface area contributed by atoms with Gasteiger partial charge in [-0.25, -0.2) is 4.98 Å². The van der Waals surface area contributed by atoms with Gasteiger partial charge in [0.2, 0.25) is 0 Å². The molecule has 0 atom stereocenters. The Kier molecular flexibility index (Phi) is 6.63. The number of nitrogens with one attached hydrogen (secondary N) is 2. The van der Waals surface area contributed by atoms with Gasteiger partial charge >= 0.3 is 0 Å². The van der Waals surface area contributed by atoms with E-state index in [4.69, 9.17) is 9.15 Å². The van der Waals surface area contributed by atoms with Crippen molar-refractivity contribution in [1.82, 2.24) is 10.3 Å². The van der Waals surface area contributed by atoms with Crippen LogP contribution in [-0.2, 0) is 11.3 Å². The maximum Gasteiger partial charge on any atom is 0.291 e. The first-order chi connectivity index (χ1) is 15.1. The van der Waals surface area contributed by atoms with Crippen molar-refractivity contribution in [3.8, 4) is 0 Å². The lowest BCUT2D eigenvalue weighted by atomic mass is 10.1. The van der Waals surface area contributed by atoms with Crippen molar-refractivity contribution < 1.29 is 18.7 Å². The highest BCUT2D eigenvalue weighted by atomic mass is 79.9. The topological polar surface area (TPSA) is 96.7 Å². The number of anilines is 2. The van der Waals surface area contributed by atoms with E-state index in [1.54, 1.807) is 42.6 Å². The predicted molar refractivity (Wildman–Crippen MR) is 119 cm³/mol. The molecule has 4 rings (SSSR count). The summed E-state index contributed by atoms with van der Waals surface area (Å²) >= 11 is 3.17. The zero-order valence-corrected chi connectivity index (χ0v) is 18.2. The van der Waals surface area contributed by atoms with Gasteiger partial charge in [0.25, 0.3) is 11.8 Å². The third-order valence-corrected chi connectivity index (χ3v) is 5.22. The number of hydrogen-bond donors (Lipinski definition) is 2. The van der Waals surface area contributed by atoms with E-state index >= 15 is 0 Å². The number of rotatable bonds is 6. The highest BCUT2D eigenvalue weighted by Gasteiger charge is 2.17. The van der Waals surface area contributed by atoms with Gasteiger partial charge < -0.3 is 24.7 Å². The third-order valence-electron chi connectivity index (χ3n) is 4.80. The van der Waals surface area contributed by atoms with Gasteiger partial charge in [-0.05, 0) is 52.3 Å². The average molecular weight is 485 g/mol. The molecule has 0 aliphatic carbocycles. The van der Waals surface area contributed by atoms with Crippen LogP contribution in [0, 0.1) is 0 Å². The molecular formula is C22H21BrN4O4. The fourth-order valence-electron chi connectivity index (χ4n) is 3.27. The van der Waals surface area contributed by atoms with Crippen molar-refractivity contribution in [3.63, 3.8) is 0 Å². The molecule has 1 aromatic carbocycles. The van der Waals surface area contributed by atoms with Crippen LogP contribution in [0.25, 0.3) is 0 Å². The van der Waals surface area contributed by atoms with Crippen LogP contribution in [0.15, 0.2) is 63.8 Å². The Labute approximate surface area is 187 Å². The number of nitrogens with zero attached hydrogens (tertiary/aromatic N) is 2. The number of ether oxygens (including phenoxy) is 1. The van der Waals surface area contributed by atoms with E-state index in [-0.39, 0.29) is 11.7 Å². The van der Waals surface area contributed by atoms with E-state index < -0.39 is 5.91 Å². The van der Waals surface area contributed by atoms with Crippen molar-refractivity contribution in [2.24, 2.45) is 0 Å². The second kappa shape index (κ2) is 9.76. The van der Waals surface area contributed by atoms with Crippen molar-refractivity contribution in [1.29, 1.82) is 0 Å². The smallest absolute Gasteiger partial charge is 0.291 e. The summed E-state index contributed by atoms with van der Waals surface area (Å²) in [5.74, 6) is 0.396. The fraction of sp³-hybridized carbons (Fsp3) is 0.227. The number of carbonyl (C=O) groups excluding carboxylic acids is 2. The number of halogens is 1. The number of amides is 2. The molecule has 1 aliphatic rings. The summed E-state index contributed by atoms with van der Waals surface area (Å²) in [6, 6.07) is 13.8. The highest BCUT2D eigenvalue weighted by Crippen LogP contribution is 2.19. The minimum absolute atomic E-state index is 0.175. The lowest BCUT2D eigenvalue weighted by molar-refractivity contribution is 0.0948. The molecule has 0 bridgehead atoms. The number of carbonyl (C=O) groups is 2. The van der Waals surface area contributed by atoms with E-state index in [0.717, 1.165) is 24.5 Å².